The second-order valence-electron chi connectivity index (χ2n) is 7.41. The van der Waals surface area contributed by atoms with Gasteiger partial charge in [0.1, 0.15) is 11.4 Å². The fourth-order valence-electron chi connectivity index (χ4n) is 3.97. The molecule has 1 aliphatic rings. The highest BCUT2D eigenvalue weighted by Gasteiger charge is 2.24. The summed E-state index contributed by atoms with van der Waals surface area (Å²) in [4.78, 5) is 22.4. The predicted octanol–water partition coefficient (Wildman–Crippen LogP) is 4.13. The van der Waals surface area contributed by atoms with Gasteiger partial charge in [-0.15, -0.1) is 0 Å². The summed E-state index contributed by atoms with van der Waals surface area (Å²) in [5.41, 5.74) is 3.96. The highest BCUT2D eigenvalue weighted by Crippen LogP contribution is 2.38. The van der Waals surface area contributed by atoms with Crippen molar-refractivity contribution in [1.82, 2.24) is 9.88 Å². The predicted molar refractivity (Wildman–Crippen MR) is 120 cm³/mol. The van der Waals surface area contributed by atoms with Crippen LogP contribution in [0.1, 0.15) is 23.0 Å². The number of anilines is 1. The van der Waals surface area contributed by atoms with E-state index in [0.29, 0.717) is 17.0 Å². The Labute approximate surface area is 177 Å². The molecule has 30 heavy (non-hydrogen) atoms. The number of likely N-dealkylation sites (N-methyl/N-ethyl adjacent to an activating group) is 1. The van der Waals surface area contributed by atoms with Gasteiger partial charge in [-0.2, -0.15) is 0 Å². The zero-order chi connectivity index (χ0) is 20.9. The molecule has 2 aromatic carbocycles. The quantitative estimate of drug-likeness (QED) is 0.581. The van der Waals surface area contributed by atoms with E-state index in [1.165, 1.54) is 0 Å². The van der Waals surface area contributed by atoms with Crippen molar-refractivity contribution < 1.29 is 9.53 Å². The van der Waals surface area contributed by atoms with Gasteiger partial charge in [0, 0.05) is 43.6 Å². The third kappa shape index (κ3) is 4.07. The van der Waals surface area contributed by atoms with Crippen LogP contribution in [0.2, 0.25) is 0 Å². The van der Waals surface area contributed by atoms with E-state index in [9.17, 15) is 4.79 Å². The van der Waals surface area contributed by atoms with E-state index < -0.39 is 0 Å². The number of benzene rings is 2. The summed E-state index contributed by atoms with van der Waals surface area (Å²) in [6, 6.07) is 19.6. The molecule has 154 valence electrons. The molecule has 0 unspecified atom stereocenters. The third-order valence-electron chi connectivity index (χ3n) is 5.69. The number of rotatable bonds is 6. The lowest BCUT2D eigenvalue weighted by atomic mass is 9.96. The van der Waals surface area contributed by atoms with Crippen molar-refractivity contribution in [2.24, 2.45) is 0 Å². The average molecular weight is 402 g/mol. The van der Waals surface area contributed by atoms with Crippen LogP contribution in [0.15, 0.2) is 66.9 Å². The molecule has 0 bridgehead atoms. The van der Waals surface area contributed by atoms with Gasteiger partial charge >= 0.3 is 0 Å². The number of hydrogen-bond acceptors (Lipinski definition) is 5. The van der Waals surface area contributed by atoms with Crippen LogP contribution >= 0.6 is 0 Å². The van der Waals surface area contributed by atoms with Crippen LogP contribution in [0.5, 0.6) is 5.75 Å². The van der Waals surface area contributed by atoms with Gasteiger partial charge in [-0.05, 0) is 36.4 Å². The Bertz CT molecular complexity index is 998. The molecule has 0 amide bonds. The molecule has 5 heteroatoms. The number of carbonyl (C=O) groups excluding carboxylic acids is 1. The number of ether oxygens (including phenoxy) is 1. The van der Waals surface area contributed by atoms with Gasteiger partial charge in [0.2, 0.25) is 5.78 Å². The topological polar surface area (TPSA) is 45.7 Å². The maximum absolute atomic E-state index is 13.4. The Morgan fingerprint density at radius 3 is 2.37 bits per heavy atom. The number of carbonyl (C=O) groups is 1. The van der Waals surface area contributed by atoms with Gasteiger partial charge in [0.25, 0.3) is 0 Å². The molecule has 0 spiro atoms. The molecule has 0 N–H and O–H groups in total. The van der Waals surface area contributed by atoms with Crippen molar-refractivity contribution in [2.45, 2.75) is 6.92 Å². The van der Waals surface area contributed by atoms with E-state index in [1.54, 1.807) is 19.4 Å². The first-order valence-corrected chi connectivity index (χ1v) is 10.4. The second kappa shape index (κ2) is 9.09. The van der Waals surface area contributed by atoms with E-state index in [0.717, 1.165) is 49.5 Å². The van der Waals surface area contributed by atoms with Crippen molar-refractivity contribution in [1.29, 1.82) is 0 Å². The average Bonchev–Trinajstić information content (AvgIpc) is 2.84. The number of pyridine rings is 1. The monoisotopic (exact) mass is 401 g/mol. The van der Waals surface area contributed by atoms with Crippen molar-refractivity contribution >= 4 is 11.5 Å². The van der Waals surface area contributed by atoms with Crippen LogP contribution in [0, 0.1) is 0 Å². The van der Waals surface area contributed by atoms with Crippen molar-refractivity contribution in [2.75, 3.05) is 44.7 Å². The van der Waals surface area contributed by atoms with Crippen molar-refractivity contribution in [3.63, 3.8) is 0 Å². The summed E-state index contributed by atoms with van der Waals surface area (Å²) in [6.45, 7) is 7.17. The standard InChI is InChI=1S/C25H27N3O2/c1-3-27-13-15-28(16-14-27)20-17-21(19-9-5-4-6-10-19)25(30-2)22(18-20)24(29)23-11-7-8-12-26-23/h4-12,17-18H,3,13-16H2,1-2H3. The van der Waals surface area contributed by atoms with Crippen LogP contribution in [-0.2, 0) is 0 Å². The minimum atomic E-state index is -0.126. The van der Waals surface area contributed by atoms with Crippen LogP contribution in [0.3, 0.4) is 0 Å². The number of aromatic nitrogens is 1. The molecule has 1 fully saturated rings. The van der Waals surface area contributed by atoms with Gasteiger partial charge in [0.05, 0.1) is 12.7 Å². The van der Waals surface area contributed by atoms with E-state index in [1.807, 2.05) is 48.5 Å². The molecule has 1 aromatic heterocycles. The second-order valence-corrected chi connectivity index (χ2v) is 7.41. The molecule has 0 radical (unpaired) electrons. The van der Waals surface area contributed by atoms with E-state index in [-0.39, 0.29) is 5.78 Å². The minimum absolute atomic E-state index is 0.126. The van der Waals surface area contributed by atoms with E-state index in [4.69, 9.17) is 4.74 Å². The third-order valence-corrected chi connectivity index (χ3v) is 5.69. The molecule has 0 aliphatic carbocycles. The number of methoxy groups -OCH3 is 1. The first-order chi connectivity index (χ1) is 14.7. The molecule has 1 saturated heterocycles. The lowest BCUT2D eigenvalue weighted by Gasteiger charge is -2.36. The summed E-state index contributed by atoms with van der Waals surface area (Å²) < 4.78 is 5.77. The zero-order valence-corrected chi connectivity index (χ0v) is 17.5. The Morgan fingerprint density at radius 1 is 1.00 bits per heavy atom. The lowest BCUT2D eigenvalue weighted by Crippen LogP contribution is -2.46. The highest BCUT2D eigenvalue weighted by molar-refractivity contribution is 6.11. The number of hydrogen-bond donors (Lipinski definition) is 0. The molecular weight excluding hydrogens is 374 g/mol. The van der Waals surface area contributed by atoms with Crippen LogP contribution < -0.4 is 9.64 Å². The van der Waals surface area contributed by atoms with Crippen molar-refractivity contribution in [3.8, 4) is 16.9 Å². The maximum atomic E-state index is 13.4. The van der Waals surface area contributed by atoms with E-state index >= 15 is 0 Å². The summed E-state index contributed by atoms with van der Waals surface area (Å²) in [5.74, 6) is 0.464. The Morgan fingerprint density at radius 2 is 1.73 bits per heavy atom. The van der Waals surface area contributed by atoms with E-state index in [2.05, 4.69) is 27.8 Å². The molecule has 3 aromatic rings. The molecule has 4 rings (SSSR count). The van der Waals surface area contributed by atoms with Crippen molar-refractivity contribution in [3.05, 3.63) is 78.1 Å². The summed E-state index contributed by atoms with van der Waals surface area (Å²) in [5, 5.41) is 0. The van der Waals surface area contributed by atoms with Crippen LogP contribution in [-0.4, -0.2) is 55.5 Å². The lowest BCUT2D eigenvalue weighted by molar-refractivity contribution is 0.103. The van der Waals surface area contributed by atoms with Crippen LogP contribution in [0.25, 0.3) is 11.1 Å². The normalized spacial score (nSPS) is 14.5. The first kappa shape index (κ1) is 20.1. The molecule has 5 nitrogen and oxygen atoms in total. The van der Waals surface area contributed by atoms with Gasteiger partial charge in [-0.25, -0.2) is 0 Å². The molecular formula is C25H27N3O2. The van der Waals surface area contributed by atoms with Gasteiger partial charge in [0.15, 0.2) is 0 Å². The minimum Gasteiger partial charge on any atom is -0.495 e. The number of nitrogens with zero attached hydrogens (tertiary/aromatic N) is 3. The molecule has 1 aliphatic heterocycles. The Kier molecular flexibility index (Phi) is 6.10. The largest absolute Gasteiger partial charge is 0.495 e. The van der Waals surface area contributed by atoms with Gasteiger partial charge < -0.3 is 14.5 Å². The smallest absolute Gasteiger partial charge is 0.215 e. The fourth-order valence-corrected chi connectivity index (χ4v) is 3.97. The SMILES string of the molecule is CCN1CCN(c2cc(C(=O)c3ccccn3)c(OC)c(-c3ccccc3)c2)CC1. The maximum Gasteiger partial charge on any atom is 0.215 e. The van der Waals surface area contributed by atoms with Gasteiger partial charge in [-0.3, -0.25) is 9.78 Å². The molecule has 0 saturated carbocycles. The van der Waals surface area contributed by atoms with Gasteiger partial charge in [-0.1, -0.05) is 43.3 Å². The van der Waals surface area contributed by atoms with Crippen LogP contribution in [0.4, 0.5) is 5.69 Å². The number of piperazine rings is 1. The highest BCUT2D eigenvalue weighted by atomic mass is 16.5. The zero-order valence-electron chi connectivity index (χ0n) is 17.5. The molecule has 2 heterocycles. The summed E-state index contributed by atoms with van der Waals surface area (Å²) in [6.07, 6.45) is 1.64. The fraction of sp³-hybridized carbons (Fsp3) is 0.280. The summed E-state index contributed by atoms with van der Waals surface area (Å²) >= 11 is 0. The Hall–Kier alpha value is -3.18. The Balaban J connectivity index is 1.82. The number of ketones is 1. The summed E-state index contributed by atoms with van der Waals surface area (Å²) in [7, 11) is 1.62. The first-order valence-electron chi connectivity index (χ1n) is 10.4. The molecule has 0 atom stereocenters.